The van der Waals surface area contributed by atoms with E-state index in [2.05, 4.69) is 25.5 Å². The average molecular weight is 272 g/mol. The lowest BCUT2D eigenvalue weighted by Gasteiger charge is -2.06. The van der Waals surface area contributed by atoms with E-state index in [9.17, 15) is 4.79 Å². The molecule has 0 aliphatic carbocycles. The smallest absolute Gasteiger partial charge is 0.259 e. The number of halogens is 2. The molecule has 0 spiro atoms. The summed E-state index contributed by atoms with van der Waals surface area (Å²) < 4.78 is 0. The second kappa shape index (κ2) is 4.68. The number of rotatable bonds is 2. The third-order valence-electron chi connectivity index (χ3n) is 2.07. The van der Waals surface area contributed by atoms with Crippen LogP contribution < -0.4 is 5.32 Å². The normalized spacial score (nSPS) is 10.3. The number of nitrogens with zero attached hydrogens (tertiary/aromatic N) is 3. The van der Waals surface area contributed by atoms with E-state index in [0.717, 1.165) is 0 Å². The highest BCUT2D eigenvalue weighted by molar-refractivity contribution is 6.38. The number of carbonyl (C=O) groups is 1. The van der Waals surface area contributed by atoms with E-state index in [1.807, 2.05) is 0 Å². The number of aryl methyl sites for hydroxylation is 1. The van der Waals surface area contributed by atoms with Crippen LogP contribution in [0.1, 0.15) is 16.1 Å². The van der Waals surface area contributed by atoms with Crippen LogP contribution in [0.25, 0.3) is 0 Å². The summed E-state index contributed by atoms with van der Waals surface area (Å²) in [7, 11) is 0. The van der Waals surface area contributed by atoms with Crippen molar-refractivity contribution in [2.45, 2.75) is 6.92 Å². The van der Waals surface area contributed by atoms with Crippen molar-refractivity contribution < 1.29 is 4.79 Å². The minimum absolute atomic E-state index is 0.0829. The fraction of sp³-hybridized carbons (Fsp3) is 0.111. The van der Waals surface area contributed by atoms with Crippen molar-refractivity contribution in [2.75, 3.05) is 5.32 Å². The summed E-state index contributed by atoms with van der Waals surface area (Å²) in [4.78, 5) is 19.3. The number of H-pyrrole nitrogens is 1. The molecule has 0 aliphatic heterocycles. The predicted octanol–water partition coefficient (Wildman–Crippen LogP) is 2.07. The van der Waals surface area contributed by atoms with Gasteiger partial charge in [0.15, 0.2) is 10.3 Å². The molecule has 0 fully saturated rings. The van der Waals surface area contributed by atoms with E-state index in [0.29, 0.717) is 11.3 Å². The van der Waals surface area contributed by atoms with Gasteiger partial charge in [-0.25, -0.2) is 9.97 Å². The van der Waals surface area contributed by atoms with Gasteiger partial charge in [-0.2, -0.15) is 5.10 Å². The number of aromatic nitrogens is 4. The minimum atomic E-state index is -0.380. The molecule has 2 heterocycles. The SMILES string of the molecule is Cc1[nH]ncc1C(=O)Nc1c(Cl)ncnc1Cl. The molecular weight excluding hydrogens is 265 g/mol. The van der Waals surface area contributed by atoms with Gasteiger partial charge in [-0.3, -0.25) is 9.89 Å². The summed E-state index contributed by atoms with van der Waals surface area (Å²) in [6, 6.07) is 0. The number of anilines is 1. The van der Waals surface area contributed by atoms with E-state index in [1.165, 1.54) is 12.5 Å². The third kappa shape index (κ3) is 2.37. The molecule has 8 heteroatoms. The van der Waals surface area contributed by atoms with Gasteiger partial charge in [0.05, 0.1) is 11.8 Å². The number of nitrogens with one attached hydrogen (secondary N) is 2. The van der Waals surface area contributed by atoms with Crippen LogP contribution in [0.3, 0.4) is 0 Å². The molecule has 0 saturated carbocycles. The molecule has 0 aromatic carbocycles. The number of hydrogen-bond acceptors (Lipinski definition) is 4. The van der Waals surface area contributed by atoms with Crippen LogP contribution in [0, 0.1) is 6.92 Å². The largest absolute Gasteiger partial charge is 0.317 e. The van der Waals surface area contributed by atoms with Gasteiger partial charge in [0.2, 0.25) is 0 Å². The Morgan fingerprint density at radius 2 is 2.00 bits per heavy atom. The summed E-state index contributed by atoms with van der Waals surface area (Å²) in [5.74, 6) is -0.380. The van der Waals surface area contributed by atoms with Crippen molar-refractivity contribution in [2.24, 2.45) is 0 Å². The van der Waals surface area contributed by atoms with Gasteiger partial charge in [0.1, 0.15) is 12.0 Å². The van der Waals surface area contributed by atoms with Crippen molar-refractivity contribution in [3.8, 4) is 0 Å². The van der Waals surface area contributed by atoms with Crippen LogP contribution in [0.4, 0.5) is 5.69 Å². The molecule has 0 unspecified atom stereocenters. The molecule has 2 aromatic rings. The fourth-order valence-corrected chi connectivity index (χ4v) is 1.62. The Labute approximate surface area is 106 Å². The molecule has 0 atom stereocenters. The topological polar surface area (TPSA) is 83.6 Å². The van der Waals surface area contributed by atoms with Crippen molar-refractivity contribution in [3.63, 3.8) is 0 Å². The molecule has 0 bridgehead atoms. The Kier molecular flexibility index (Phi) is 3.26. The first-order valence-corrected chi connectivity index (χ1v) is 5.32. The number of carbonyl (C=O) groups excluding carboxylic acids is 1. The highest BCUT2D eigenvalue weighted by Crippen LogP contribution is 2.26. The zero-order chi connectivity index (χ0) is 12.4. The lowest BCUT2D eigenvalue weighted by atomic mass is 10.2. The monoisotopic (exact) mass is 271 g/mol. The zero-order valence-electron chi connectivity index (χ0n) is 8.66. The van der Waals surface area contributed by atoms with Crippen LogP contribution in [-0.2, 0) is 0 Å². The summed E-state index contributed by atoms with van der Waals surface area (Å²) in [5, 5.41) is 9.10. The van der Waals surface area contributed by atoms with Crippen molar-refractivity contribution in [1.29, 1.82) is 0 Å². The summed E-state index contributed by atoms with van der Waals surface area (Å²) in [5.41, 5.74) is 1.23. The molecule has 6 nitrogen and oxygen atoms in total. The molecule has 0 radical (unpaired) electrons. The first kappa shape index (κ1) is 11.8. The van der Waals surface area contributed by atoms with Crippen LogP contribution in [-0.4, -0.2) is 26.1 Å². The number of aromatic amines is 1. The predicted molar refractivity (Wildman–Crippen MR) is 63.3 cm³/mol. The number of hydrogen-bond donors (Lipinski definition) is 2. The van der Waals surface area contributed by atoms with Crippen LogP contribution >= 0.6 is 23.2 Å². The molecule has 0 saturated heterocycles. The highest BCUT2D eigenvalue weighted by atomic mass is 35.5. The van der Waals surface area contributed by atoms with Gasteiger partial charge < -0.3 is 5.32 Å². The van der Waals surface area contributed by atoms with Gasteiger partial charge >= 0.3 is 0 Å². The lowest BCUT2D eigenvalue weighted by Crippen LogP contribution is -2.13. The van der Waals surface area contributed by atoms with Gasteiger partial charge in [-0.15, -0.1) is 0 Å². The molecule has 1 amide bonds. The Morgan fingerprint density at radius 3 is 2.53 bits per heavy atom. The van der Waals surface area contributed by atoms with Crippen molar-refractivity contribution >= 4 is 34.8 Å². The second-order valence-electron chi connectivity index (χ2n) is 3.19. The molecule has 0 aliphatic rings. The summed E-state index contributed by atoms with van der Waals surface area (Å²) >= 11 is 11.6. The first-order chi connectivity index (χ1) is 8.09. The van der Waals surface area contributed by atoms with Gasteiger partial charge in [0.25, 0.3) is 5.91 Å². The van der Waals surface area contributed by atoms with E-state index in [-0.39, 0.29) is 21.9 Å². The minimum Gasteiger partial charge on any atom is -0.317 e. The van der Waals surface area contributed by atoms with Crippen molar-refractivity contribution in [3.05, 3.63) is 34.1 Å². The number of amides is 1. The van der Waals surface area contributed by atoms with Crippen LogP contribution in [0.5, 0.6) is 0 Å². The fourth-order valence-electron chi connectivity index (χ4n) is 1.21. The lowest BCUT2D eigenvalue weighted by molar-refractivity contribution is 0.102. The molecule has 88 valence electrons. The quantitative estimate of drug-likeness (QED) is 0.819. The average Bonchev–Trinajstić information content (AvgIpc) is 2.70. The van der Waals surface area contributed by atoms with E-state index in [1.54, 1.807) is 6.92 Å². The maximum Gasteiger partial charge on any atom is 0.259 e. The Bertz CT molecular complexity index is 548. The van der Waals surface area contributed by atoms with Gasteiger partial charge in [-0.1, -0.05) is 23.2 Å². The third-order valence-corrected chi connectivity index (χ3v) is 2.64. The first-order valence-electron chi connectivity index (χ1n) is 4.57. The van der Waals surface area contributed by atoms with E-state index in [4.69, 9.17) is 23.2 Å². The molecule has 17 heavy (non-hydrogen) atoms. The Hall–Kier alpha value is -1.66. The van der Waals surface area contributed by atoms with Gasteiger partial charge in [0, 0.05) is 5.69 Å². The molecule has 2 rings (SSSR count). The Morgan fingerprint density at radius 1 is 1.35 bits per heavy atom. The molecule has 2 aromatic heterocycles. The maximum absolute atomic E-state index is 11.9. The summed E-state index contributed by atoms with van der Waals surface area (Å²) in [6.07, 6.45) is 2.62. The standard InChI is InChI=1S/C9H7Cl2N5O/c1-4-5(2-14-16-4)9(17)15-6-7(10)12-3-13-8(6)11/h2-3H,1H3,(H,14,16)(H,15,17). The van der Waals surface area contributed by atoms with Crippen LogP contribution in [0.2, 0.25) is 10.3 Å². The highest BCUT2D eigenvalue weighted by Gasteiger charge is 2.15. The van der Waals surface area contributed by atoms with Gasteiger partial charge in [-0.05, 0) is 6.92 Å². The Balaban J connectivity index is 2.28. The maximum atomic E-state index is 11.9. The second-order valence-corrected chi connectivity index (χ2v) is 3.91. The van der Waals surface area contributed by atoms with Crippen LogP contribution in [0.15, 0.2) is 12.5 Å². The zero-order valence-corrected chi connectivity index (χ0v) is 10.2. The molecular formula is C9H7Cl2N5O. The van der Waals surface area contributed by atoms with Crippen molar-refractivity contribution in [1.82, 2.24) is 20.2 Å². The van der Waals surface area contributed by atoms with E-state index >= 15 is 0 Å². The van der Waals surface area contributed by atoms with E-state index < -0.39 is 0 Å². The molecule has 2 N–H and O–H groups in total. The summed E-state index contributed by atoms with van der Waals surface area (Å²) in [6.45, 7) is 1.73.